The van der Waals surface area contributed by atoms with E-state index in [0.717, 1.165) is 75.0 Å². The molecule has 2 N–H and O–H groups in total. The number of hydrogen-bond donors (Lipinski definition) is 2. The van der Waals surface area contributed by atoms with Gasteiger partial charge in [0.1, 0.15) is 17.3 Å². The van der Waals surface area contributed by atoms with Crippen molar-refractivity contribution < 1.29 is 18.7 Å². The van der Waals surface area contributed by atoms with Crippen molar-refractivity contribution in [3.05, 3.63) is 77.0 Å². The standard InChI is InChI=1S/C29H29FN6O3/c30-19-5-7-36-25(15-31-27(36)13-19)21-1-3-23(28-22(21)14-32-29(28)37)33-26-4-2-20(18-6-10-39-17-18)24(34-26)16-35-8-11-38-12-9-35/h1-5,7,13,15,18H,6,8-12,14,16-17H2,(H,32,37)(H,33,34)/t18-/m1/s1. The van der Waals surface area contributed by atoms with Crippen LogP contribution in [0.2, 0.25) is 0 Å². The molecule has 0 bridgehead atoms. The fourth-order valence-electron chi connectivity index (χ4n) is 5.82. The third-order valence-electron chi connectivity index (χ3n) is 7.84. The van der Waals surface area contributed by atoms with E-state index in [0.29, 0.717) is 35.2 Å². The number of rotatable bonds is 6. The average molecular weight is 529 g/mol. The number of morpholine rings is 1. The van der Waals surface area contributed by atoms with Crippen molar-refractivity contribution >= 4 is 23.1 Å². The molecule has 200 valence electrons. The number of fused-ring (bicyclic) bond motifs is 2. The van der Waals surface area contributed by atoms with Crippen molar-refractivity contribution in [1.29, 1.82) is 0 Å². The summed E-state index contributed by atoms with van der Waals surface area (Å²) < 4.78 is 26.8. The van der Waals surface area contributed by atoms with E-state index < -0.39 is 0 Å². The summed E-state index contributed by atoms with van der Waals surface area (Å²) in [5, 5.41) is 6.39. The second-order valence-corrected chi connectivity index (χ2v) is 10.2. The molecule has 3 aromatic heterocycles. The van der Waals surface area contributed by atoms with Gasteiger partial charge in [-0.2, -0.15) is 0 Å². The van der Waals surface area contributed by atoms with Crippen LogP contribution in [0.5, 0.6) is 0 Å². The lowest BCUT2D eigenvalue weighted by Crippen LogP contribution is -2.36. The third kappa shape index (κ3) is 4.54. The second kappa shape index (κ2) is 10.0. The minimum Gasteiger partial charge on any atom is -0.381 e. The minimum atomic E-state index is -0.340. The number of halogens is 1. The van der Waals surface area contributed by atoms with Gasteiger partial charge >= 0.3 is 0 Å². The van der Waals surface area contributed by atoms with E-state index in [2.05, 4.69) is 26.6 Å². The largest absolute Gasteiger partial charge is 0.381 e. The molecule has 3 aliphatic rings. The number of imidazole rings is 1. The smallest absolute Gasteiger partial charge is 0.254 e. The van der Waals surface area contributed by atoms with Crippen LogP contribution in [-0.4, -0.2) is 64.7 Å². The van der Waals surface area contributed by atoms with E-state index in [9.17, 15) is 9.18 Å². The van der Waals surface area contributed by atoms with Crippen LogP contribution in [0.1, 0.15) is 39.5 Å². The van der Waals surface area contributed by atoms with Crippen molar-refractivity contribution in [3.63, 3.8) is 0 Å². The molecule has 2 fully saturated rings. The van der Waals surface area contributed by atoms with Gasteiger partial charge in [-0.05, 0) is 35.7 Å². The molecule has 1 atom stereocenters. The highest BCUT2D eigenvalue weighted by Gasteiger charge is 2.28. The molecule has 3 aliphatic heterocycles. The fraction of sp³-hybridized carbons (Fsp3) is 0.345. The van der Waals surface area contributed by atoms with Crippen LogP contribution < -0.4 is 10.6 Å². The minimum absolute atomic E-state index is 0.137. The molecule has 0 radical (unpaired) electrons. The van der Waals surface area contributed by atoms with E-state index in [1.807, 2.05) is 22.6 Å². The number of nitrogens with one attached hydrogen (secondary N) is 2. The number of benzene rings is 1. The van der Waals surface area contributed by atoms with Crippen molar-refractivity contribution in [2.24, 2.45) is 0 Å². The molecule has 6 heterocycles. The Hall–Kier alpha value is -3.86. The number of hydrogen-bond acceptors (Lipinski definition) is 7. The first-order valence-electron chi connectivity index (χ1n) is 13.4. The van der Waals surface area contributed by atoms with Crippen molar-refractivity contribution in [3.8, 4) is 11.3 Å². The van der Waals surface area contributed by atoms with Gasteiger partial charge in [-0.1, -0.05) is 12.1 Å². The van der Waals surface area contributed by atoms with Crippen LogP contribution in [0.4, 0.5) is 15.9 Å². The summed E-state index contributed by atoms with van der Waals surface area (Å²) in [7, 11) is 0. The molecule has 0 unspecified atom stereocenters. The zero-order chi connectivity index (χ0) is 26.3. The van der Waals surface area contributed by atoms with E-state index in [4.69, 9.17) is 14.5 Å². The summed E-state index contributed by atoms with van der Waals surface area (Å²) in [5.74, 6) is 0.562. The van der Waals surface area contributed by atoms with Crippen molar-refractivity contribution in [2.45, 2.75) is 25.4 Å². The van der Waals surface area contributed by atoms with Gasteiger partial charge in [0.25, 0.3) is 5.91 Å². The summed E-state index contributed by atoms with van der Waals surface area (Å²) in [6.45, 7) is 5.87. The first kappa shape index (κ1) is 24.2. The lowest BCUT2D eigenvalue weighted by molar-refractivity contribution is 0.0335. The number of amides is 1. The van der Waals surface area contributed by atoms with Crippen LogP contribution in [0.3, 0.4) is 0 Å². The zero-order valence-corrected chi connectivity index (χ0v) is 21.5. The Morgan fingerprint density at radius 3 is 2.85 bits per heavy atom. The van der Waals surface area contributed by atoms with Gasteiger partial charge in [-0.3, -0.25) is 14.1 Å². The molecule has 0 saturated carbocycles. The Morgan fingerprint density at radius 2 is 2.00 bits per heavy atom. The fourth-order valence-corrected chi connectivity index (χ4v) is 5.82. The zero-order valence-electron chi connectivity index (χ0n) is 21.5. The van der Waals surface area contributed by atoms with Gasteiger partial charge in [0.05, 0.1) is 48.7 Å². The number of pyridine rings is 2. The van der Waals surface area contributed by atoms with Gasteiger partial charge < -0.3 is 20.1 Å². The Balaban J connectivity index is 1.23. The summed E-state index contributed by atoms with van der Waals surface area (Å²) in [6, 6.07) is 10.8. The highest BCUT2D eigenvalue weighted by molar-refractivity contribution is 6.06. The normalized spacial score (nSPS) is 19.4. The molecule has 0 aliphatic carbocycles. The van der Waals surface area contributed by atoms with E-state index in [1.165, 1.54) is 17.7 Å². The Labute approximate surface area is 225 Å². The molecule has 7 rings (SSSR count). The molecule has 39 heavy (non-hydrogen) atoms. The maximum absolute atomic E-state index is 13.7. The number of aromatic nitrogens is 3. The first-order chi connectivity index (χ1) is 19.1. The Morgan fingerprint density at radius 1 is 1.10 bits per heavy atom. The van der Waals surface area contributed by atoms with Gasteiger partial charge in [-0.25, -0.2) is 14.4 Å². The summed E-state index contributed by atoms with van der Waals surface area (Å²) in [5.41, 5.74) is 6.64. The second-order valence-electron chi connectivity index (χ2n) is 10.2. The molecule has 1 aromatic carbocycles. The van der Waals surface area contributed by atoms with Crippen LogP contribution in [0.15, 0.2) is 48.8 Å². The predicted molar refractivity (Wildman–Crippen MR) is 144 cm³/mol. The highest BCUT2D eigenvalue weighted by atomic mass is 19.1. The lowest BCUT2D eigenvalue weighted by Gasteiger charge is -2.27. The van der Waals surface area contributed by atoms with Crippen molar-refractivity contribution in [1.82, 2.24) is 24.6 Å². The molecular weight excluding hydrogens is 499 g/mol. The maximum atomic E-state index is 13.7. The van der Waals surface area contributed by atoms with Gasteiger partial charge in [0.2, 0.25) is 0 Å². The number of ether oxygens (including phenoxy) is 2. The average Bonchev–Trinajstić information content (AvgIpc) is 3.71. The van der Waals surface area contributed by atoms with Gasteiger partial charge in [0.15, 0.2) is 0 Å². The summed E-state index contributed by atoms with van der Waals surface area (Å²) >= 11 is 0. The van der Waals surface area contributed by atoms with Crippen LogP contribution >= 0.6 is 0 Å². The van der Waals surface area contributed by atoms with E-state index in [1.54, 1.807) is 12.4 Å². The molecule has 9 nitrogen and oxygen atoms in total. The molecule has 2 saturated heterocycles. The lowest BCUT2D eigenvalue weighted by atomic mass is 9.96. The Kier molecular flexibility index (Phi) is 6.22. The number of carbonyl (C=O) groups is 1. The predicted octanol–water partition coefficient (Wildman–Crippen LogP) is 3.86. The van der Waals surface area contributed by atoms with Crippen LogP contribution in [-0.2, 0) is 22.6 Å². The summed E-state index contributed by atoms with van der Waals surface area (Å²) in [6.07, 6.45) is 4.37. The first-order valence-corrected chi connectivity index (χ1v) is 13.4. The monoisotopic (exact) mass is 528 g/mol. The maximum Gasteiger partial charge on any atom is 0.254 e. The number of carbonyl (C=O) groups excluding carboxylic acids is 1. The molecule has 0 spiro atoms. The molecular formula is C29H29FN6O3. The molecule has 1 amide bonds. The van der Waals surface area contributed by atoms with E-state index in [-0.39, 0.29) is 11.7 Å². The van der Waals surface area contributed by atoms with Gasteiger partial charge in [-0.15, -0.1) is 0 Å². The van der Waals surface area contributed by atoms with E-state index >= 15 is 0 Å². The number of anilines is 2. The van der Waals surface area contributed by atoms with Crippen LogP contribution in [0, 0.1) is 5.82 Å². The van der Waals surface area contributed by atoms with Crippen LogP contribution in [0.25, 0.3) is 16.9 Å². The quantitative estimate of drug-likeness (QED) is 0.393. The van der Waals surface area contributed by atoms with Crippen molar-refractivity contribution in [2.75, 3.05) is 44.8 Å². The topological polar surface area (TPSA) is 93.0 Å². The molecule has 10 heteroatoms. The molecule has 4 aromatic rings. The number of nitrogens with zero attached hydrogens (tertiary/aromatic N) is 4. The Bertz CT molecular complexity index is 1560. The van der Waals surface area contributed by atoms with Gasteiger partial charge in [0, 0.05) is 56.5 Å². The SMILES string of the molecule is O=C1NCc2c(-c3cnc4cc(F)ccn34)ccc(Nc3ccc([C@@H]4CCOC4)c(CN4CCOCC4)n3)c21. The summed E-state index contributed by atoms with van der Waals surface area (Å²) in [4.78, 5) is 24.8. The third-order valence-corrected chi connectivity index (χ3v) is 7.84. The highest BCUT2D eigenvalue weighted by Crippen LogP contribution is 2.36.